The molecule has 50 heavy (non-hydrogen) atoms. The fourth-order valence-electron chi connectivity index (χ4n) is 7.42. The van der Waals surface area contributed by atoms with Gasteiger partial charge < -0.3 is 39.5 Å². The lowest BCUT2D eigenvalue weighted by Crippen LogP contribution is -2.56. The summed E-state index contributed by atoms with van der Waals surface area (Å²) in [7, 11) is 0. The van der Waals surface area contributed by atoms with Gasteiger partial charge in [-0.3, -0.25) is 14.5 Å². The molecule has 0 spiro atoms. The molecule has 2 bridgehead atoms. The summed E-state index contributed by atoms with van der Waals surface area (Å²) in [6, 6.07) is 11.9. The van der Waals surface area contributed by atoms with Gasteiger partial charge in [-0.2, -0.15) is 0 Å². The maximum absolute atomic E-state index is 12.7. The van der Waals surface area contributed by atoms with Crippen LogP contribution in [0.4, 0.5) is 0 Å². The Morgan fingerprint density at radius 1 is 0.980 bits per heavy atom. The number of rotatable bonds is 23. The molecule has 2 amide bonds. The van der Waals surface area contributed by atoms with E-state index in [1.807, 2.05) is 13.0 Å². The second-order valence-electron chi connectivity index (χ2n) is 13.4. The second-order valence-corrected chi connectivity index (χ2v) is 13.4. The molecule has 1 aromatic heterocycles. The molecule has 2 aromatic rings. The van der Waals surface area contributed by atoms with Crippen LogP contribution >= 0.6 is 0 Å². The minimum Gasteiger partial charge on any atom is -0.379 e. The molecule has 3 N–H and O–H groups in total. The summed E-state index contributed by atoms with van der Waals surface area (Å²) in [6.07, 6.45) is 11.4. The summed E-state index contributed by atoms with van der Waals surface area (Å²) in [6.45, 7) is 7.83. The number of fused-ring (bicyclic) bond motifs is 2. The van der Waals surface area contributed by atoms with E-state index in [-0.39, 0.29) is 36.8 Å². The van der Waals surface area contributed by atoms with Gasteiger partial charge in [0.25, 0.3) is 0 Å². The molecular weight excluding hydrogens is 638 g/mol. The Morgan fingerprint density at radius 2 is 1.68 bits per heavy atom. The summed E-state index contributed by atoms with van der Waals surface area (Å²) in [5, 5.41) is 12.1. The predicted molar refractivity (Wildman–Crippen MR) is 188 cm³/mol. The van der Waals surface area contributed by atoms with E-state index >= 15 is 0 Å². The van der Waals surface area contributed by atoms with Gasteiger partial charge in [0.2, 0.25) is 11.8 Å². The van der Waals surface area contributed by atoms with Crippen molar-refractivity contribution in [2.45, 2.75) is 76.0 Å². The fourth-order valence-corrected chi connectivity index (χ4v) is 7.42. The minimum absolute atomic E-state index is 0.00150. The fraction of sp³-hybridized carbons (Fsp3) is 0.676. The normalized spacial score (nSPS) is 20.9. The summed E-state index contributed by atoms with van der Waals surface area (Å²) in [5.41, 5.74) is 7.74. The van der Waals surface area contributed by atoms with Crippen molar-refractivity contribution in [1.29, 1.82) is 0 Å². The largest absolute Gasteiger partial charge is 0.379 e. The Morgan fingerprint density at radius 3 is 2.40 bits per heavy atom. The molecule has 3 aliphatic rings. The van der Waals surface area contributed by atoms with Gasteiger partial charge in [0, 0.05) is 50.7 Å². The molecule has 3 fully saturated rings. The molecule has 3 saturated heterocycles. The molecule has 1 aromatic carbocycles. The van der Waals surface area contributed by atoms with E-state index in [0.717, 1.165) is 43.9 Å². The summed E-state index contributed by atoms with van der Waals surface area (Å²) < 4.78 is 23.8. The highest BCUT2D eigenvalue weighted by molar-refractivity contribution is 5.84. The van der Waals surface area contributed by atoms with Crippen molar-refractivity contribution in [3.05, 3.63) is 47.5 Å². The van der Waals surface area contributed by atoms with E-state index in [4.69, 9.17) is 31.1 Å². The van der Waals surface area contributed by atoms with Crippen LogP contribution in [0.5, 0.6) is 0 Å². The van der Waals surface area contributed by atoms with Crippen LogP contribution in [0.3, 0.4) is 0 Å². The molecule has 0 radical (unpaired) electrons. The van der Waals surface area contributed by atoms with Crippen LogP contribution < -0.4 is 11.1 Å². The van der Waals surface area contributed by atoms with Crippen molar-refractivity contribution >= 4 is 11.8 Å². The Bertz CT molecular complexity index is 1380. The zero-order chi connectivity index (χ0) is 35.1. The molecule has 0 aliphatic carbocycles. The van der Waals surface area contributed by atoms with Crippen molar-refractivity contribution in [1.82, 2.24) is 29.9 Å². The number of nitrogens with zero attached hydrogens (tertiary/aromatic N) is 5. The van der Waals surface area contributed by atoms with E-state index in [0.29, 0.717) is 84.0 Å². The predicted octanol–water partition coefficient (Wildman–Crippen LogP) is 2.05. The van der Waals surface area contributed by atoms with Crippen molar-refractivity contribution in [2.24, 2.45) is 11.7 Å². The van der Waals surface area contributed by atoms with E-state index in [1.165, 1.54) is 18.4 Å². The molecule has 5 rings (SSSR count). The number of nitrogens with one attached hydrogen (secondary N) is 1. The first-order valence-corrected chi connectivity index (χ1v) is 18.2. The first kappa shape index (κ1) is 37.9. The topological polar surface area (TPSA) is 146 Å². The zero-order valence-electron chi connectivity index (χ0n) is 29.5. The standard InChI is InChI=1S/C37H55N7O6/c1-3-17-47-19-21-49-23-24-50-22-20-48-18-14-36(45)42-26-30(27-42)37(46)39-15-7-10-35-41-40-28(2)44(35)34-25-31-11-12-33(34)43(31)16-13-32(38)29-8-5-4-6-9-29/h1,4-6,8-9,30-34H,7,10-27,38H2,2H3,(H,39,46)/t31?,32-,33?,34?/m0/s1. The Balaban J connectivity index is 0.916. The van der Waals surface area contributed by atoms with Crippen LogP contribution in [0.2, 0.25) is 0 Å². The van der Waals surface area contributed by atoms with Crippen LogP contribution in [0.1, 0.15) is 67.8 Å². The third kappa shape index (κ3) is 10.6. The van der Waals surface area contributed by atoms with Crippen LogP contribution in [-0.4, -0.2) is 127 Å². The van der Waals surface area contributed by atoms with Gasteiger partial charge in [-0.25, -0.2) is 0 Å². The van der Waals surface area contributed by atoms with Gasteiger partial charge >= 0.3 is 0 Å². The smallest absolute Gasteiger partial charge is 0.226 e. The number of carbonyl (C=O) groups is 2. The SMILES string of the molecule is C#CCOCCOCCOCCOCCC(=O)N1CC(C(=O)NCCCc2nnc(C)n2C2CC3CCC2N3CC[C@H](N)c2ccccc2)C1. The number of hydrogen-bond acceptors (Lipinski definition) is 10. The number of aromatic nitrogens is 3. The molecule has 4 atom stereocenters. The molecule has 13 heteroatoms. The maximum atomic E-state index is 12.7. The first-order valence-electron chi connectivity index (χ1n) is 18.2. The van der Waals surface area contributed by atoms with Crippen LogP contribution in [0.15, 0.2) is 30.3 Å². The average Bonchev–Trinajstić information content (AvgIpc) is 3.78. The Labute approximate surface area is 296 Å². The lowest BCUT2D eigenvalue weighted by molar-refractivity contribution is -0.143. The van der Waals surface area contributed by atoms with E-state index in [2.05, 4.69) is 55.2 Å². The first-order chi connectivity index (χ1) is 24.5. The van der Waals surface area contributed by atoms with Gasteiger partial charge in [0.1, 0.15) is 18.3 Å². The second kappa shape index (κ2) is 19.9. The van der Waals surface area contributed by atoms with Crippen molar-refractivity contribution in [3.63, 3.8) is 0 Å². The van der Waals surface area contributed by atoms with Gasteiger partial charge in [0.15, 0.2) is 0 Å². The highest BCUT2D eigenvalue weighted by Crippen LogP contribution is 2.45. The lowest BCUT2D eigenvalue weighted by atomic mass is 9.95. The summed E-state index contributed by atoms with van der Waals surface area (Å²) in [4.78, 5) is 29.6. The number of terminal acetylenes is 1. The van der Waals surface area contributed by atoms with Gasteiger partial charge in [-0.05, 0) is 44.6 Å². The Kier molecular flexibility index (Phi) is 15.0. The third-order valence-corrected chi connectivity index (χ3v) is 10.1. The van der Waals surface area contributed by atoms with Crippen molar-refractivity contribution < 1.29 is 28.5 Å². The zero-order valence-corrected chi connectivity index (χ0v) is 29.5. The van der Waals surface area contributed by atoms with Crippen LogP contribution in [0, 0.1) is 25.2 Å². The summed E-state index contributed by atoms with van der Waals surface area (Å²) >= 11 is 0. The quantitative estimate of drug-likeness (QED) is 0.131. The van der Waals surface area contributed by atoms with E-state index in [9.17, 15) is 9.59 Å². The highest BCUT2D eigenvalue weighted by atomic mass is 16.6. The number of benzene rings is 1. The maximum Gasteiger partial charge on any atom is 0.226 e. The van der Waals surface area contributed by atoms with Gasteiger partial charge in [-0.15, -0.1) is 16.6 Å². The molecule has 13 nitrogen and oxygen atoms in total. The number of aryl methyl sites for hydroxylation is 2. The lowest BCUT2D eigenvalue weighted by Gasteiger charge is -2.38. The summed E-state index contributed by atoms with van der Waals surface area (Å²) in [5.74, 6) is 4.19. The molecular formula is C37H55N7O6. The highest BCUT2D eigenvalue weighted by Gasteiger charge is 2.47. The number of likely N-dealkylation sites (tertiary alicyclic amines) is 1. The van der Waals surface area contributed by atoms with Gasteiger partial charge in [-0.1, -0.05) is 36.3 Å². The average molecular weight is 694 g/mol. The number of nitrogens with two attached hydrogens (primary N) is 1. The van der Waals surface area contributed by atoms with Crippen LogP contribution in [0.25, 0.3) is 0 Å². The molecule has 3 unspecified atom stereocenters. The van der Waals surface area contributed by atoms with Crippen molar-refractivity contribution in [2.75, 3.05) is 79.0 Å². The van der Waals surface area contributed by atoms with E-state index in [1.54, 1.807) is 4.90 Å². The number of amides is 2. The molecule has 0 saturated carbocycles. The number of hydrogen-bond donors (Lipinski definition) is 2. The van der Waals surface area contributed by atoms with Crippen molar-refractivity contribution in [3.8, 4) is 12.3 Å². The molecule has 4 heterocycles. The third-order valence-electron chi connectivity index (χ3n) is 10.1. The molecule has 274 valence electrons. The minimum atomic E-state index is -0.166. The molecule has 3 aliphatic heterocycles. The Hall–Kier alpha value is -3.38. The van der Waals surface area contributed by atoms with Gasteiger partial charge in [0.05, 0.1) is 64.6 Å². The van der Waals surface area contributed by atoms with E-state index < -0.39 is 0 Å². The number of carbonyl (C=O) groups excluding carboxylic acids is 2. The number of ether oxygens (including phenoxy) is 4. The monoisotopic (exact) mass is 693 g/mol. The van der Waals surface area contributed by atoms with Crippen LogP contribution in [-0.2, 0) is 35.0 Å².